The van der Waals surface area contributed by atoms with Crippen molar-refractivity contribution >= 4 is 62.5 Å². The summed E-state index contributed by atoms with van der Waals surface area (Å²) in [5.41, 5.74) is 1.01. The van der Waals surface area contributed by atoms with Crippen LogP contribution in [-0.2, 0) is 19.8 Å². The number of amides is 3. The molecule has 2 N–H and O–H groups in total. The van der Waals surface area contributed by atoms with Gasteiger partial charge in [0.1, 0.15) is 17.3 Å². The first-order valence-corrected chi connectivity index (χ1v) is 15.4. The molecule has 1 spiro atoms. The number of fused-ring (bicyclic) bond motifs is 2. The van der Waals surface area contributed by atoms with Gasteiger partial charge >= 0.3 is 0 Å². The molecule has 2 aromatic rings. The van der Waals surface area contributed by atoms with Gasteiger partial charge in [-0.15, -0.1) is 0 Å². The maximum Gasteiger partial charge on any atom is 0.237 e. The first-order chi connectivity index (χ1) is 19.7. The van der Waals surface area contributed by atoms with Gasteiger partial charge in [0.05, 0.1) is 6.04 Å². The number of hydrogen-bond acceptors (Lipinski definition) is 4. The second-order valence-corrected chi connectivity index (χ2v) is 13.0. The molecule has 0 aromatic heterocycles. The molecule has 3 heterocycles. The van der Waals surface area contributed by atoms with Gasteiger partial charge in [0.25, 0.3) is 0 Å². The highest BCUT2D eigenvalue weighted by atomic mass is 79.9. The molecule has 1 aliphatic carbocycles. The predicted octanol–water partition coefficient (Wildman–Crippen LogP) is 6.26. The van der Waals surface area contributed by atoms with Gasteiger partial charge in [-0.05, 0) is 60.2 Å². The van der Waals surface area contributed by atoms with E-state index in [0.29, 0.717) is 59.4 Å². The third-order valence-corrected chi connectivity index (χ3v) is 9.86. The molecule has 3 amide bonds. The number of carbonyl (C=O) groups is 3. The Bertz CT molecular complexity index is 1490. The number of halogens is 3. The van der Waals surface area contributed by atoms with E-state index < -0.39 is 11.5 Å². The van der Waals surface area contributed by atoms with E-state index >= 15 is 0 Å². The standard InChI is InChI=1S/C31H30BrCl2N3O4/c1-17(38)37-11-9-22(10-12-37)41-27-8-5-19(32)14-23(27)29-31(24-7-6-21(34)15-26(24)35-30(31)40)25(16-28(39)36-29)18-3-2-4-20(33)13-18/h2-8,14-15,18,22,25,29H,9-13,16H2,1H3,(H,35,40)(H,36,39)/t18?,25-,29+,31-/m0/s1. The number of hydrogen-bond donors (Lipinski definition) is 2. The Morgan fingerprint density at radius 2 is 1.88 bits per heavy atom. The number of nitrogens with zero attached hydrogens (tertiary/aromatic N) is 1. The van der Waals surface area contributed by atoms with Crippen LogP contribution in [-0.4, -0.2) is 41.8 Å². The maximum absolute atomic E-state index is 14.4. The number of benzene rings is 2. The minimum atomic E-state index is -1.14. The van der Waals surface area contributed by atoms with E-state index in [4.69, 9.17) is 27.9 Å². The molecule has 1 unspecified atom stereocenters. The molecular formula is C31H30BrCl2N3O4. The molecule has 2 saturated heterocycles. The Morgan fingerprint density at radius 3 is 2.61 bits per heavy atom. The van der Waals surface area contributed by atoms with E-state index in [1.165, 1.54) is 0 Å². The largest absolute Gasteiger partial charge is 0.490 e. The number of piperidine rings is 2. The first kappa shape index (κ1) is 28.3. The third kappa shape index (κ3) is 5.08. The molecule has 4 atom stereocenters. The predicted molar refractivity (Wildman–Crippen MR) is 162 cm³/mol. The Morgan fingerprint density at radius 1 is 1.10 bits per heavy atom. The Balaban J connectivity index is 1.47. The molecule has 41 heavy (non-hydrogen) atoms. The summed E-state index contributed by atoms with van der Waals surface area (Å²) in [5, 5.41) is 7.49. The summed E-state index contributed by atoms with van der Waals surface area (Å²) in [6.07, 6.45) is 7.80. The summed E-state index contributed by atoms with van der Waals surface area (Å²) in [7, 11) is 0. The Labute approximate surface area is 257 Å². The summed E-state index contributed by atoms with van der Waals surface area (Å²) >= 11 is 16.5. The topological polar surface area (TPSA) is 87.7 Å². The highest BCUT2D eigenvalue weighted by Crippen LogP contribution is 2.58. The molecule has 4 aliphatic rings. The van der Waals surface area contributed by atoms with Gasteiger partial charge in [0.2, 0.25) is 17.7 Å². The highest BCUT2D eigenvalue weighted by Gasteiger charge is 2.62. The lowest BCUT2D eigenvalue weighted by Crippen LogP contribution is -2.59. The van der Waals surface area contributed by atoms with E-state index in [1.807, 2.05) is 41.3 Å². The van der Waals surface area contributed by atoms with Crippen molar-refractivity contribution in [3.05, 3.63) is 80.3 Å². The monoisotopic (exact) mass is 657 g/mol. The summed E-state index contributed by atoms with van der Waals surface area (Å²) in [6, 6.07) is 10.4. The van der Waals surface area contributed by atoms with Gasteiger partial charge < -0.3 is 20.3 Å². The number of ether oxygens (including phenoxy) is 1. The van der Waals surface area contributed by atoms with Crippen LogP contribution in [0.4, 0.5) is 5.69 Å². The average Bonchev–Trinajstić information content (AvgIpc) is 3.22. The molecule has 0 saturated carbocycles. The Hall–Kier alpha value is -2.81. The quantitative estimate of drug-likeness (QED) is 0.406. The maximum atomic E-state index is 14.4. The molecule has 7 nitrogen and oxygen atoms in total. The lowest BCUT2D eigenvalue weighted by molar-refractivity contribution is -0.135. The van der Waals surface area contributed by atoms with Crippen LogP contribution >= 0.6 is 39.1 Å². The first-order valence-electron chi connectivity index (χ1n) is 13.8. The van der Waals surface area contributed by atoms with Gasteiger partial charge in [-0.2, -0.15) is 0 Å². The average molecular weight is 659 g/mol. The summed E-state index contributed by atoms with van der Waals surface area (Å²) in [6.45, 7) is 2.82. The number of rotatable bonds is 4. The van der Waals surface area contributed by atoms with Crippen molar-refractivity contribution in [1.29, 1.82) is 0 Å². The fourth-order valence-electron chi connectivity index (χ4n) is 6.96. The molecule has 0 bridgehead atoms. The summed E-state index contributed by atoms with van der Waals surface area (Å²) < 4.78 is 7.40. The van der Waals surface area contributed by atoms with Crippen molar-refractivity contribution in [2.24, 2.45) is 11.8 Å². The molecule has 2 fully saturated rings. The van der Waals surface area contributed by atoms with E-state index in [-0.39, 0.29) is 42.1 Å². The van der Waals surface area contributed by atoms with Crippen LogP contribution in [0.1, 0.15) is 49.8 Å². The molecule has 3 aliphatic heterocycles. The number of carbonyl (C=O) groups excluding carboxylic acids is 3. The Kier molecular flexibility index (Phi) is 7.68. The van der Waals surface area contributed by atoms with Crippen molar-refractivity contribution in [2.75, 3.05) is 18.4 Å². The number of likely N-dealkylation sites (tertiary alicyclic amines) is 1. The van der Waals surface area contributed by atoms with Crippen LogP contribution in [0.3, 0.4) is 0 Å². The van der Waals surface area contributed by atoms with Crippen LogP contribution in [0.15, 0.2) is 64.1 Å². The minimum absolute atomic E-state index is 0.0587. The highest BCUT2D eigenvalue weighted by molar-refractivity contribution is 9.10. The molecule has 6 rings (SSSR count). The van der Waals surface area contributed by atoms with Crippen LogP contribution in [0.2, 0.25) is 5.02 Å². The van der Waals surface area contributed by atoms with E-state index in [9.17, 15) is 14.4 Å². The zero-order chi connectivity index (χ0) is 28.9. The molecule has 2 aromatic carbocycles. The fourth-order valence-corrected chi connectivity index (χ4v) is 7.77. The van der Waals surface area contributed by atoms with E-state index in [0.717, 1.165) is 10.0 Å². The van der Waals surface area contributed by atoms with Crippen molar-refractivity contribution in [3.63, 3.8) is 0 Å². The smallest absolute Gasteiger partial charge is 0.237 e. The summed E-state index contributed by atoms with van der Waals surface area (Å²) in [4.78, 5) is 41.5. The van der Waals surface area contributed by atoms with Crippen LogP contribution in [0, 0.1) is 11.8 Å². The van der Waals surface area contributed by atoms with Crippen molar-refractivity contribution in [2.45, 2.75) is 50.2 Å². The molecular weight excluding hydrogens is 629 g/mol. The van der Waals surface area contributed by atoms with Crippen LogP contribution in [0.25, 0.3) is 0 Å². The second-order valence-electron chi connectivity index (χ2n) is 11.2. The minimum Gasteiger partial charge on any atom is -0.490 e. The van der Waals surface area contributed by atoms with Gasteiger partial charge in [0, 0.05) is 65.1 Å². The summed E-state index contributed by atoms with van der Waals surface area (Å²) in [5.74, 6) is -0.186. The van der Waals surface area contributed by atoms with E-state index in [1.54, 1.807) is 19.1 Å². The fraction of sp³-hybridized carbons (Fsp3) is 0.387. The van der Waals surface area contributed by atoms with Gasteiger partial charge in [-0.25, -0.2) is 0 Å². The number of anilines is 1. The zero-order valence-corrected chi connectivity index (χ0v) is 25.6. The number of nitrogens with one attached hydrogen (secondary N) is 2. The van der Waals surface area contributed by atoms with Gasteiger partial charge in [-0.1, -0.05) is 57.4 Å². The van der Waals surface area contributed by atoms with Gasteiger partial charge in [-0.3, -0.25) is 14.4 Å². The SMILES string of the molecule is CC(=O)N1CCC(Oc2ccc(Br)cc2[C@H]2NC(=O)C[C@@H](C3C=CC=C(Cl)C3)[C@]23C(=O)Nc2cc(Cl)ccc23)CC1. The van der Waals surface area contributed by atoms with Crippen molar-refractivity contribution < 1.29 is 19.1 Å². The van der Waals surface area contributed by atoms with Crippen molar-refractivity contribution in [3.8, 4) is 5.75 Å². The normalized spacial score (nSPS) is 27.8. The van der Waals surface area contributed by atoms with Gasteiger partial charge in [0.15, 0.2) is 0 Å². The van der Waals surface area contributed by atoms with E-state index in [2.05, 4.69) is 32.6 Å². The zero-order valence-electron chi connectivity index (χ0n) is 22.5. The lowest BCUT2D eigenvalue weighted by Gasteiger charge is -2.49. The molecule has 0 radical (unpaired) electrons. The molecule has 214 valence electrons. The third-order valence-electron chi connectivity index (χ3n) is 8.85. The van der Waals surface area contributed by atoms with Crippen LogP contribution < -0.4 is 15.4 Å². The van der Waals surface area contributed by atoms with Crippen molar-refractivity contribution in [1.82, 2.24) is 10.2 Å². The lowest BCUT2D eigenvalue weighted by atomic mass is 9.57. The second kappa shape index (κ2) is 11.1. The van der Waals surface area contributed by atoms with Crippen LogP contribution in [0.5, 0.6) is 5.75 Å². The molecule has 10 heteroatoms. The number of allylic oxidation sites excluding steroid dienone is 4.